The molecule has 1 unspecified atom stereocenters. The van der Waals surface area contributed by atoms with E-state index < -0.39 is 29.9 Å². The Morgan fingerprint density at radius 3 is 1.42 bits per heavy atom. The molecule has 16 heteroatoms. The number of alkyl halides is 2. The van der Waals surface area contributed by atoms with Gasteiger partial charge < -0.3 is 25.7 Å². The van der Waals surface area contributed by atoms with Crippen molar-refractivity contribution in [2.24, 2.45) is 0 Å². The van der Waals surface area contributed by atoms with Crippen LogP contribution in [0.4, 0.5) is 5.69 Å². The first-order valence-electron chi connectivity index (χ1n) is 13.7. The zero-order chi connectivity index (χ0) is 31.9. The molecule has 43 heavy (non-hydrogen) atoms. The predicted octanol–water partition coefficient (Wildman–Crippen LogP) is 1.12. The molecule has 1 fully saturated rings. The number of hydrogen-bond donors (Lipinski definition) is 5. The number of benzene rings is 1. The van der Waals surface area contributed by atoms with Gasteiger partial charge in [-0.1, -0.05) is 37.9 Å². The van der Waals surface area contributed by atoms with Crippen molar-refractivity contribution in [3.63, 3.8) is 0 Å². The van der Waals surface area contributed by atoms with Crippen LogP contribution in [0.25, 0.3) is 0 Å². The Labute approximate surface area is 266 Å². The lowest BCUT2D eigenvalue weighted by atomic mass is 10.1. The third kappa shape index (κ3) is 14.1. The second-order valence-electron chi connectivity index (χ2n) is 10.3. The van der Waals surface area contributed by atoms with Gasteiger partial charge in [0.2, 0.25) is 5.91 Å². The molecule has 0 saturated carbocycles. The standard InChI is InChI=1S/C27H39Br2N5O9/c28-14-19-11-20(15-29)13-21(12-19)30-23(35)2-1-22(27(42)43)34-9-7-32(17-25(38)39)5-3-31(16-24(36)37)4-6-33(8-10-34)18-26(40)41/h11-13,22H,1-10,14-18H2,(H,30,35)(H,36,37)(H,38,39)(H,40,41)(H,42,43). The predicted molar refractivity (Wildman–Crippen MR) is 165 cm³/mol. The van der Waals surface area contributed by atoms with Gasteiger partial charge in [0.25, 0.3) is 0 Å². The summed E-state index contributed by atoms with van der Waals surface area (Å²) < 4.78 is 0. The summed E-state index contributed by atoms with van der Waals surface area (Å²) in [6.07, 6.45) is -0.105. The van der Waals surface area contributed by atoms with Crippen LogP contribution in [-0.2, 0) is 34.6 Å². The molecule has 14 nitrogen and oxygen atoms in total. The van der Waals surface area contributed by atoms with E-state index in [9.17, 15) is 44.4 Å². The molecule has 240 valence electrons. The van der Waals surface area contributed by atoms with Crippen LogP contribution in [0.2, 0.25) is 0 Å². The van der Waals surface area contributed by atoms with E-state index in [-0.39, 0.29) is 90.7 Å². The molecule has 0 bridgehead atoms. The smallest absolute Gasteiger partial charge is 0.320 e. The van der Waals surface area contributed by atoms with Crippen LogP contribution in [0, 0.1) is 0 Å². The van der Waals surface area contributed by atoms with Gasteiger partial charge in [-0.3, -0.25) is 43.6 Å². The molecule has 1 aromatic carbocycles. The highest BCUT2D eigenvalue weighted by molar-refractivity contribution is 9.08. The van der Waals surface area contributed by atoms with Gasteiger partial charge in [0.1, 0.15) is 6.04 Å². The van der Waals surface area contributed by atoms with E-state index >= 15 is 0 Å². The minimum Gasteiger partial charge on any atom is -0.480 e. The number of carbonyl (C=O) groups excluding carboxylic acids is 1. The normalized spacial score (nSPS) is 17.3. The Kier molecular flexibility index (Phi) is 16.1. The van der Waals surface area contributed by atoms with E-state index in [1.165, 1.54) is 0 Å². The van der Waals surface area contributed by atoms with Crippen LogP contribution in [0.3, 0.4) is 0 Å². The lowest BCUT2D eigenvalue weighted by molar-refractivity contribution is -0.145. The number of carbonyl (C=O) groups is 5. The summed E-state index contributed by atoms with van der Waals surface area (Å²) in [5, 5.41) is 42.3. The van der Waals surface area contributed by atoms with Gasteiger partial charge in [-0.2, -0.15) is 0 Å². The van der Waals surface area contributed by atoms with Crippen LogP contribution in [-0.4, -0.2) is 148 Å². The molecular weight excluding hydrogens is 698 g/mol. The van der Waals surface area contributed by atoms with Gasteiger partial charge in [-0.15, -0.1) is 0 Å². The summed E-state index contributed by atoms with van der Waals surface area (Å²) in [7, 11) is 0. The Hall–Kier alpha value is -2.63. The molecule has 1 aromatic rings. The number of rotatable bonds is 14. The molecule has 0 spiro atoms. The van der Waals surface area contributed by atoms with E-state index in [0.29, 0.717) is 16.3 Å². The van der Waals surface area contributed by atoms with E-state index in [1.807, 2.05) is 18.2 Å². The lowest BCUT2D eigenvalue weighted by Crippen LogP contribution is -2.52. The van der Waals surface area contributed by atoms with Crippen molar-refractivity contribution in [2.75, 3.05) is 77.3 Å². The fourth-order valence-corrected chi connectivity index (χ4v) is 5.50. The zero-order valence-electron chi connectivity index (χ0n) is 23.8. The quantitative estimate of drug-likeness (QED) is 0.171. The molecule has 1 aliphatic heterocycles. The second-order valence-corrected chi connectivity index (χ2v) is 11.4. The van der Waals surface area contributed by atoms with Crippen molar-refractivity contribution in [1.29, 1.82) is 0 Å². The number of carboxylic acid groups (broad SMARTS) is 4. The van der Waals surface area contributed by atoms with Gasteiger partial charge in [-0.05, 0) is 29.7 Å². The molecule has 1 saturated heterocycles. The summed E-state index contributed by atoms with van der Waals surface area (Å²) in [6, 6.07) is 4.56. The van der Waals surface area contributed by atoms with Crippen molar-refractivity contribution in [2.45, 2.75) is 29.5 Å². The molecule has 0 aliphatic carbocycles. The molecule has 1 amide bonds. The minimum absolute atomic E-state index is 0.0190. The van der Waals surface area contributed by atoms with Crippen molar-refractivity contribution in [1.82, 2.24) is 19.6 Å². The highest BCUT2D eigenvalue weighted by Crippen LogP contribution is 2.20. The van der Waals surface area contributed by atoms with Gasteiger partial charge in [0, 0.05) is 75.1 Å². The van der Waals surface area contributed by atoms with Crippen LogP contribution in [0.5, 0.6) is 0 Å². The highest BCUT2D eigenvalue weighted by atomic mass is 79.9. The van der Waals surface area contributed by atoms with E-state index in [2.05, 4.69) is 37.2 Å². The van der Waals surface area contributed by atoms with Crippen LogP contribution in [0.15, 0.2) is 18.2 Å². The molecule has 0 aromatic heterocycles. The molecule has 5 N–H and O–H groups in total. The lowest BCUT2D eigenvalue weighted by Gasteiger charge is -2.35. The molecule has 1 atom stereocenters. The van der Waals surface area contributed by atoms with Crippen molar-refractivity contribution in [3.8, 4) is 0 Å². The number of amides is 1. The highest BCUT2D eigenvalue weighted by Gasteiger charge is 2.28. The van der Waals surface area contributed by atoms with Gasteiger partial charge in [-0.25, -0.2) is 0 Å². The average Bonchev–Trinajstić information content (AvgIpc) is 2.92. The van der Waals surface area contributed by atoms with Crippen molar-refractivity contribution in [3.05, 3.63) is 29.3 Å². The Bertz CT molecular complexity index is 1070. The summed E-state index contributed by atoms with van der Waals surface area (Å²) in [5.41, 5.74) is 2.54. The molecule has 1 heterocycles. The first kappa shape index (κ1) is 36.6. The number of hydrogen-bond acceptors (Lipinski definition) is 9. The Balaban J connectivity index is 2.21. The second kappa shape index (κ2) is 18.9. The topological polar surface area (TPSA) is 191 Å². The summed E-state index contributed by atoms with van der Waals surface area (Å²) in [4.78, 5) is 66.1. The summed E-state index contributed by atoms with van der Waals surface area (Å²) >= 11 is 6.83. The number of halogens is 2. The van der Waals surface area contributed by atoms with Crippen LogP contribution < -0.4 is 5.32 Å². The first-order valence-corrected chi connectivity index (χ1v) is 16.0. The molecule has 2 rings (SSSR count). The zero-order valence-corrected chi connectivity index (χ0v) is 27.0. The van der Waals surface area contributed by atoms with E-state index in [1.54, 1.807) is 19.6 Å². The third-order valence-corrected chi connectivity index (χ3v) is 8.26. The van der Waals surface area contributed by atoms with E-state index in [0.717, 1.165) is 11.1 Å². The maximum atomic E-state index is 12.8. The summed E-state index contributed by atoms with van der Waals surface area (Å²) in [6.45, 7) is 0.635. The van der Waals surface area contributed by atoms with Gasteiger partial charge >= 0.3 is 23.9 Å². The molecular formula is C27H39Br2N5O9. The largest absolute Gasteiger partial charge is 0.480 e. The third-order valence-electron chi connectivity index (χ3n) is 6.96. The number of nitrogens with one attached hydrogen (secondary N) is 1. The fourth-order valence-electron chi connectivity index (χ4n) is 4.86. The number of aliphatic carboxylic acids is 4. The van der Waals surface area contributed by atoms with Crippen LogP contribution >= 0.6 is 31.9 Å². The van der Waals surface area contributed by atoms with Crippen molar-refractivity contribution >= 4 is 67.3 Å². The SMILES string of the molecule is O=C(O)CN1CCN(CC(=O)O)CCN(C(CCC(=O)Nc2cc(CBr)cc(CBr)c2)C(=O)O)CCN(CC(=O)O)CC1. The average molecular weight is 737 g/mol. The maximum absolute atomic E-state index is 12.8. The maximum Gasteiger partial charge on any atom is 0.320 e. The first-order chi connectivity index (χ1) is 20.4. The van der Waals surface area contributed by atoms with Crippen LogP contribution in [0.1, 0.15) is 24.0 Å². The number of anilines is 1. The fraction of sp³-hybridized carbons (Fsp3) is 0.593. The Morgan fingerprint density at radius 1 is 0.674 bits per heavy atom. The van der Waals surface area contributed by atoms with Gasteiger partial charge in [0.05, 0.1) is 19.6 Å². The Morgan fingerprint density at radius 2 is 1.07 bits per heavy atom. The minimum atomic E-state index is -1.15. The molecule has 0 radical (unpaired) electrons. The monoisotopic (exact) mass is 735 g/mol. The van der Waals surface area contributed by atoms with E-state index in [4.69, 9.17) is 0 Å². The number of carboxylic acids is 4. The molecule has 1 aliphatic rings. The van der Waals surface area contributed by atoms with Crippen molar-refractivity contribution < 1.29 is 44.4 Å². The number of nitrogens with zero attached hydrogens (tertiary/aromatic N) is 4. The van der Waals surface area contributed by atoms with Gasteiger partial charge in [0.15, 0.2) is 0 Å². The summed E-state index contributed by atoms with van der Waals surface area (Å²) in [5.74, 6) is -4.71.